The van der Waals surface area contributed by atoms with E-state index in [1.807, 2.05) is 0 Å². The minimum absolute atomic E-state index is 0.0520. The van der Waals surface area contributed by atoms with Gasteiger partial charge in [-0.25, -0.2) is 17.6 Å². The van der Waals surface area contributed by atoms with Crippen molar-refractivity contribution in [1.82, 2.24) is 14.9 Å². The van der Waals surface area contributed by atoms with Gasteiger partial charge >= 0.3 is 6.01 Å². The first-order chi connectivity index (χ1) is 18.4. The monoisotopic (exact) mass is 521 g/mol. The molecule has 6 rings (SSSR count). The highest BCUT2D eigenvalue weighted by Crippen LogP contribution is 2.43. The molecule has 2 aliphatic heterocycles. The van der Waals surface area contributed by atoms with Gasteiger partial charge in [-0.2, -0.15) is 9.97 Å². The van der Waals surface area contributed by atoms with Crippen LogP contribution in [0.25, 0.3) is 32.8 Å². The molecule has 2 saturated heterocycles. The maximum absolute atomic E-state index is 16.0. The van der Waals surface area contributed by atoms with E-state index in [1.54, 1.807) is 12.1 Å². The van der Waals surface area contributed by atoms with Gasteiger partial charge in [-0.15, -0.1) is 6.42 Å². The highest BCUT2D eigenvalue weighted by molar-refractivity contribution is 6.02. The molecule has 0 saturated carbocycles. The van der Waals surface area contributed by atoms with Crippen LogP contribution in [0.3, 0.4) is 0 Å². The van der Waals surface area contributed by atoms with E-state index in [-0.39, 0.29) is 51.6 Å². The van der Waals surface area contributed by atoms with Crippen LogP contribution in [0.2, 0.25) is 0 Å². The highest BCUT2D eigenvalue weighted by atomic mass is 19.1. The van der Waals surface area contributed by atoms with Crippen LogP contribution in [-0.4, -0.2) is 51.4 Å². The van der Waals surface area contributed by atoms with E-state index >= 15 is 8.78 Å². The predicted octanol–water partition coefficient (Wildman–Crippen LogP) is 5.90. The Labute approximate surface area is 216 Å². The van der Waals surface area contributed by atoms with Crippen molar-refractivity contribution in [3.8, 4) is 35.4 Å². The third-order valence-corrected chi connectivity index (χ3v) is 7.93. The molecule has 4 aromatic rings. The third-order valence-electron chi connectivity index (χ3n) is 7.93. The summed E-state index contributed by atoms with van der Waals surface area (Å²) in [5, 5.41) is 11.0. The molecule has 0 spiro atoms. The van der Waals surface area contributed by atoms with Crippen molar-refractivity contribution in [3.63, 3.8) is 0 Å². The molecular formula is C29H23F4N3O2. The van der Waals surface area contributed by atoms with E-state index < -0.39 is 35.6 Å². The first kappa shape index (κ1) is 24.4. The Kier molecular flexibility index (Phi) is 5.88. The maximum atomic E-state index is 16.0. The van der Waals surface area contributed by atoms with Gasteiger partial charge in [-0.05, 0) is 55.3 Å². The molecule has 0 radical (unpaired) electrons. The van der Waals surface area contributed by atoms with Gasteiger partial charge in [0.25, 0.3) is 0 Å². The summed E-state index contributed by atoms with van der Waals surface area (Å²) in [5.41, 5.74) is -1.24. The van der Waals surface area contributed by atoms with Gasteiger partial charge in [-0.1, -0.05) is 30.2 Å². The summed E-state index contributed by atoms with van der Waals surface area (Å²) in [4.78, 5) is 10.2. The second-order valence-electron chi connectivity index (χ2n) is 9.90. The lowest BCUT2D eigenvalue weighted by Gasteiger charge is -2.33. The molecule has 1 N–H and O–H groups in total. The van der Waals surface area contributed by atoms with Crippen LogP contribution in [0, 0.1) is 29.8 Å². The lowest BCUT2D eigenvalue weighted by Crippen LogP contribution is -2.47. The maximum Gasteiger partial charge on any atom is 0.320 e. The summed E-state index contributed by atoms with van der Waals surface area (Å²) in [7, 11) is 0. The Morgan fingerprint density at radius 2 is 1.97 bits per heavy atom. The number of alkyl halides is 1. The summed E-state index contributed by atoms with van der Waals surface area (Å²) in [6, 6.07) is 7.88. The average Bonchev–Trinajstić information content (AvgIpc) is 3.47. The van der Waals surface area contributed by atoms with Gasteiger partial charge in [0.15, 0.2) is 5.82 Å². The number of rotatable bonds is 5. The number of fused-ring (bicyclic) bond motifs is 3. The normalized spacial score (nSPS) is 21.2. The van der Waals surface area contributed by atoms with Crippen molar-refractivity contribution in [1.29, 1.82) is 0 Å². The third kappa shape index (κ3) is 3.66. The molecule has 2 fully saturated rings. The van der Waals surface area contributed by atoms with Gasteiger partial charge in [0.1, 0.15) is 30.4 Å². The minimum Gasteiger partial charge on any atom is -0.493 e. The van der Waals surface area contributed by atoms with Crippen LogP contribution in [0.15, 0.2) is 36.4 Å². The number of nitrogens with zero attached hydrogens (tertiary/aromatic N) is 3. The molecule has 9 heteroatoms. The lowest BCUT2D eigenvalue weighted by atomic mass is 9.93. The molecule has 2 atom stereocenters. The fraction of sp³-hybridized carbons (Fsp3) is 0.310. The van der Waals surface area contributed by atoms with Crippen LogP contribution in [0.5, 0.6) is 11.9 Å². The summed E-state index contributed by atoms with van der Waals surface area (Å²) < 4.78 is 65.2. The molecular weight excluding hydrogens is 498 g/mol. The zero-order chi connectivity index (χ0) is 26.6. The zero-order valence-corrected chi connectivity index (χ0v) is 20.3. The van der Waals surface area contributed by atoms with Crippen LogP contribution < -0.4 is 4.74 Å². The fourth-order valence-corrected chi connectivity index (χ4v) is 6.15. The number of aromatic nitrogens is 2. The number of ether oxygens (including phenoxy) is 1. The Bertz CT molecular complexity index is 1640. The Hall–Kier alpha value is -3.90. The standard InChI is InChI=1S/C29H23F4N3O2/c1-2-18-21(31)8-7-16-5-3-6-19(23(16)18)24-22(32)13-20-26(25(24)33)34-28(35-27(20)37)38-15-29-10-4-12-36(29)17(14-30)9-11-29/h1,3,5-8,13,17H,4,9-12,14-15H2,(H,34,35,37)/t17-,29-/m0/s1. The van der Waals surface area contributed by atoms with Crippen molar-refractivity contribution in [3.05, 3.63) is 59.4 Å². The molecule has 1 aromatic heterocycles. The van der Waals surface area contributed by atoms with Crippen molar-refractivity contribution in [2.24, 2.45) is 0 Å². The van der Waals surface area contributed by atoms with Crippen LogP contribution in [0.4, 0.5) is 17.6 Å². The van der Waals surface area contributed by atoms with Gasteiger partial charge in [-0.3, -0.25) is 4.90 Å². The Morgan fingerprint density at radius 3 is 2.76 bits per heavy atom. The van der Waals surface area contributed by atoms with Gasteiger partial charge in [0.05, 0.1) is 22.1 Å². The van der Waals surface area contributed by atoms with Crippen LogP contribution in [-0.2, 0) is 0 Å². The number of hydrogen-bond donors (Lipinski definition) is 1. The smallest absolute Gasteiger partial charge is 0.320 e. The molecule has 0 bridgehead atoms. The van der Waals surface area contributed by atoms with E-state index in [1.165, 1.54) is 18.2 Å². The number of hydrogen-bond acceptors (Lipinski definition) is 5. The van der Waals surface area contributed by atoms with E-state index in [0.717, 1.165) is 31.9 Å². The van der Waals surface area contributed by atoms with Crippen LogP contribution in [0.1, 0.15) is 31.2 Å². The van der Waals surface area contributed by atoms with Crippen molar-refractivity contribution in [2.45, 2.75) is 37.3 Å². The predicted molar refractivity (Wildman–Crippen MR) is 135 cm³/mol. The van der Waals surface area contributed by atoms with E-state index in [4.69, 9.17) is 11.2 Å². The SMILES string of the molecule is C#Cc1c(F)ccc2cccc(-c3c(F)cc4c(O)nc(OC[C@@]56CCCN5[C@H](CF)CC6)nc4c3F)c12. The van der Waals surface area contributed by atoms with E-state index in [2.05, 4.69) is 20.8 Å². The molecule has 3 heterocycles. The molecule has 194 valence electrons. The van der Waals surface area contributed by atoms with Gasteiger partial charge in [0.2, 0.25) is 5.88 Å². The van der Waals surface area contributed by atoms with E-state index in [0.29, 0.717) is 11.8 Å². The van der Waals surface area contributed by atoms with Crippen molar-refractivity contribution < 1.29 is 27.4 Å². The zero-order valence-electron chi connectivity index (χ0n) is 20.3. The number of halogens is 4. The number of benzene rings is 3. The second kappa shape index (κ2) is 9.14. The first-order valence-electron chi connectivity index (χ1n) is 12.4. The second-order valence-corrected chi connectivity index (χ2v) is 9.90. The van der Waals surface area contributed by atoms with Gasteiger partial charge < -0.3 is 9.84 Å². The molecule has 38 heavy (non-hydrogen) atoms. The molecule has 0 unspecified atom stereocenters. The van der Waals surface area contributed by atoms with Gasteiger partial charge in [0, 0.05) is 11.4 Å². The summed E-state index contributed by atoms with van der Waals surface area (Å²) in [6.45, 7) is 0.483. The van der Waals surface area contributed by atoms with E-state index in [9.17, 15) is 13.9 Å². The molecule has 3 aromatic carbocycles. The summed E-state index contributed by atoms with van der Waals surface area (Å²) >= 11 is 0. The largest absolute Gasteiger partial charge is 0.493 e. The summed E-state index contributed by atoms with van der Waals surface area (Å²) in [6.07, 6.45) is 8.73. The Balaban J connectivity index is 1.45. The Morgan fingerprint density at radius 1 is 1.13 bits per heavy atom. The molecule has 0 amide bonds. The summed E-state index contributed by atoms with van der Waals surface area (Å²) in [5.74, 6) is -1.11. The highest BCUT2D eigenvalue weighted by Gasteiger charge is 2.49. The van der Waals surface area contributed by atoms with Crippen LogP contribution >= 0.6 is 0 Å². The fourth-order valence-electron chi connectivity index (χ4n) is 6.15. The number of aromatic hydroxyl groups is 1. The first-order valence-corrected chi connectivity index (χ1v) is 12.4. The molecule has 5 nitrogen and oxygen atoms in total. The topological polar surface area (TPSA) is 58.5 Å². The quantitative estimate of drug-likeness (QED) is 0.262. The van der Waals surface area contributed by atoms with Crippen molar-refractivity contribution in [2.75, 3.05) is 19.8 Å². The minimum atomic E-state index is -1.07. The lowest BCUT2D eigenvalue weighted by molar-refractivity contribution is 0.0769. The van der Waals surface area contributed by atoms with Crippen molar-refractivity contribution >= 4 is 21.7 Å². The average molecular weight is 522 g/mol. The number of terminal acetylenes is 1. The molecule has 0 aliphatic carbocycles. The molecule has 2 aliphatic rings.